The Balaban J connectivity index is 2.75. The van der Waals surface area contributed by atoms with Crippen LogP contribution in [0.1, 0.15) is 20.8 Å². The number of carboxylic acids is 1. The topological polar surface area (TPSA) is 69.6 Å². The van der Waals surface area contributed by atoms with Crippen LogP contribution < -0.4 is 5.32 Å². The van der Waals surface area contributed by atoms with Gasteiger partial charge in [0, 0.05) is 19.6 Å². The molecule has 1 fully saturated rings. The van der Waals surface area contributed by atoms with Crippen molar-refractivity contribution < 1.29 is 14.7 Å². The molecule has 92 valence electrons. The summed E-state index contributed by atoms with van der Waals surface area (Å²) in [5.74, 6) is -1.01. The van der Waals surface area contributed by atoms with Gasteiger partial charge >= 0.3 is 5.97 Å². The standard InChI is InChI=1S/C11H20N2O3/c1-7(2)5-13-6-9(11(15)16)4-12-10(14)8(13)3/h7-9H,4-6H2,1-3H3,(H,12,14)(H,15,16). The smallest absolute Gasteiger partial charge is 0.309 e. The van der Waals surface area contributed by atoms with Crippen LogP contribution in [0.4, 0.5) is 0 Å². The van der Waals surface area contributed by atoms with Gasteiger partial charge in [-0.15, -0.1) is 0 Å². The monoisotopic (exact) mass is 228 g/mol. The van der Waals surface area contributed by atoms with Gasteiger partial charge in [-0.05, 0) is 12.8 Å². The molecule has 16 heavy (non-hydrogen) atoms. The van der Waals surface area contributed by atoms with Gasteiger partial charge in [0.05, 0.1) is 12.0 Å². The number of carbonyl (C=O) groups is 2. The summed E-state index contributed by atoms with van der Waals surface area (Å²) >= 11 is 0. The highest BCUT2D eigenvalue weighted by molar-refractivity contribution is 5.82. The third-order valence-corrected chi connectivity index (χ3v) is 2.85. The molecular weight excluding hydrogens is 208 g/mol. The van der Waals surface area contributed by atoms with E-state index in [1.807, 2.05) is 11.8 Å². The third-order valence-electron chi connectivity index (χ3n) is 2.85. The van der Waals surface area contributed by atoms with Crippen LogP contribution >= 0.6 is 0 Å². The molecule has 5 heteroatoms. The molecule has 0 aromatic carbocycles. The maximum Gasteiger partial charge on any atom is 0.309 e. The molecule has 0 bridgehead atoms. The number of nitrogens with zero attached hydrogens (tertiary/aromatic N) is 1. The van der Waals surface area contributed by atoms with E-state index in [1.54, 1.807) is 0 Å². The average Bonchev–Trinajstić information content (AvgIpc) is 2.30. The van der Waals surface area contributed by atoms with Gasteiger partial charge in [0.1, 0.15) is 0 Å². The molecule has 1 heterocycles. The number of rotatable bonds is 3. The second kappa shape index (κ2) is 5.30. The molecule has 1 rings (SSSR count). The van der Waals surface area contributed by atoms with Crippen LogP contribution in [0.5, 0.6) is 0 Å². The normalized spacial score (nSPS) is 27.6. The lowest BCUT2D eigenvalue weighted by atomic mass is 10.1. The second-order valence-electron chi connectivity index (χ2n) is 4.80. The zero-order chi connectivity index (χ0) is 12.3. The summed E-state index contributed by atoms with van der Waals surface area (Å²) in [4.78, 5) is 24.6. The van der Waals surface area contributed by atoms with Crippen LogP contribution in [0, 0.1) is 11.8 Å². The molecule has 1 aliphatic heterocycles. The van der Waals surface area contributed by atoms with Gasteiger partial charge in [0.15, 0.2) is 0 Å². The highest BCUT2D eigenvalue weighted by Crippen LogP contribution is 2.12. The van der Waals surface area contributed by atoms with Crippen LogP contribution in [0.25, 0.3) is 0 Å². The van der Waals surface area contributed by atoms with Crippen molar-refractivity contribution in [2.24, 2.45) is 11.8 Å². The van der Waals surface area contributed by atoms with Gasteiger partial charge in [-0.3, -0.25) is 14.5 Å². The zero-order valence-corrected chi connectivity index (χ0v) is 10.1. The second-order valence-corrected chi connectivity index (χ2v) is 4.80. The summed E-state index contributed by atoms with van der Waals surface area (Å²) in [6.45, 7) is 7.36. The molecule has 2 atom stereocenters. The van der Waals surface area contributed by atoms with Crippen molar-refractivity contribution in [3.63, 3.8) is 0 Å². The van der Waals surface area contributed by atoms with E-state index >= 15 is 0 Å². The maximum absolute atomic E-state index is 11.6. The quantitative estimate of drug-likeness (QED) is 0.722. The Hall–Kier alpha value is -1.10. The summed E-state index contributed by atoms with van der Waals surface area (Å²) in [5, 5.41) is 11.7. The first-order valence-electron chi connectivity index (χ1n) is 5.66. The molecule has 0 aromatic heterocycles. The van der Waals surface area contributed by atoms with Crippen molar-refractivity contribution in [3.8, 4) is 0 Å². The Morgan fingerprint density at radius 3 is 2.75 bits per heavy atom. The highest BCUT2D eigenvalue weighted by atomic mass is 16.4. The van der Waals surface area contributed by atoms with Crippen molar-refractivity contribution in [2.75, 3.05) is 19.6 Å². The maximum atomic E-state index is 11.6. The first kappa shape index (κ1) is 13.0. The molecule has 0 aromatic rings. The first-order chi connectivity index (χ1) is 7.41. The minimum atomic E-state index is -0.844. The minimum Gasteiger partial charge on any atom is -0.481 e. The summed E-state index contributed by atoms with van der Waals surface area (Å²) in [7, 11) is 0. The Kier molecular flexibility index (Phi) is 4.29. The average molecular weight is 228 g/mol. The Morgan fingerprint density at radius 2 is 2.25 bits per heavy atom. The molecule has 2 N–H and O–H groups in total. The largest absolute Gasteiger partial charge is 0.481 e. The molecule has 0 aliphatic carbocycles. The Labute approximate surface area is 95.8 Å². The molecule has 0 radical (unpaired) electrons. The van der Waals surface area contributed by atoms with Crippen molar-refractivity contribution in [1.29, 1.82) is 0 Å². The molecule has 0 spiro atoms. The van der Waals surface area contributed by atoms with Gasteiger partial charge in [0.2, 0.25) is 5.91 Å². The fourth-order valence-corrected chi connectivity index (χ4v) is 1.91. The number of aliphatic carboxylic acids is 1. The highest BCUT2D eigenvalue weighted by Gasteiger charge is 2.31. The van der Waals surface area contributed by atoms with Crippen LogP contribution in [0.3, 0.4) is 0 Å². The van der Waals surface area contributed by atoms with Gasteiger partial charge in [0.25, 0.3) is 0 Å². The van der Waals surface area contributed by atoms with E-state index in [-0.39, 0.29) is 18.5 Å². The van der Waals surface area contributed by atoms with Crippen LogP contribution in [0.2, 0.25) is 0 Å². The van der Waals surface area contributed by atoms with Crippen LogP contribution in [0.15, 0.2) is 0 Å². The first-order valence-corrected chi connectivity index (χ1v) is 5.66. The van der Waals surface area contributed by atoms with E-state index in [2.05, 4.69) is 19.2 Å². The van der Waals surface area contributed by atoms with Gasteiger partial charge in [-0.2, -0.15) is 0 Å². The van der Waals surface area contributed by atoms with E-state index < -0.39 is 11.9 Å². The third kappa shape index (κ3) is 3.20. The van der Waals surface area contributed by atoms with Crippen molar-refractivity contribution in [3.05, 3.63) is 0 Å². The number of hydrogen-bond acceptors (Lipinski definition) is 3. The molecule has 1 aliphatic rings. The SMILES string of the molecule is CC(C)CN1CC(C(=O)O)CNC(=O)C1C. The van der Waals surface area contributed by atoms with Crippen molar-refractivity contribution in [1.82, 2.24) is 10.2 Å². The van der Waals surface area contributed by atoms with E-state index in [0.717, 1.165) is 6.54 Å². The van der Waals surface area contributed by atoms with Crippen LogP contribution in [-0.4, -0.2) is 47.6 Å². The number of carbonyl (C=O) groups excluding carboxylic acids is 1. The number of carboxylic acid groups (broad SMARTS) is 1. The lowest BCUT2D eigenvalue weighted by Crippen LogP contribution is -2.44. The zero-order valence-electron chi connectivity index (χ0n) is 10.1. The molecule has 1 saturated heterocycles. The number of amides is 1. The van der Waals surface area contributed by atoms with E-state index in [1.165, 1.54) is 0 Å². The van der Waals surface area contributed by atoms with E-state index in [4.69, 9.17) is 5.11 Å². The predicted molar refractivity (Wildman–Crippen MR) is 60.0 cm³/mol. The van der Waals surface area contributed by atoms with Gasteiger partial charge in [-0.1, -0.05) is 13.8 Å². The van der Waals surface area contributed by atoms with Crippen LogP contribution in [-0.2, 0) is 9.59 Å². The summed E-state index contributed by atoms with van der Waals surface area (Å²) in [6.07, 6.45) is 0. The Morgan fingerprint density at radius 1 is 1.62 bits per heavy atom. The van der Waals surface area contributed by atoms with Gasteiger partial charge < -0.3 is 10.4 Å². The molecule has 1 amide bonds. The van der Waals surface area contributed by atoms with Gasteiger partial charge in [-0.25, -0.2) is 0 Å². The lowest BCUT2D eigenvalue weighted by molar-refractivity contribution is -0.142. The van der Waals surface area contributed by atoms with E-state index in [0.29, 0.717) is 12.5 Å². The predicted octanol–water partition coefficient (Wildman–Crippen LogP) is 0.164. The molecule has 2 unspecified atom stereocenters. The van der Waals surface area contributed by atoms with Crippen molar-refractivity contribution in [2.45, 2.75) is 26.8 Å². The summed E-state index contributed by atoms with van der Waals surface area (Å²) < 4.78 is 0. The summed E-state index contributed by atoms with van der Waals surface area (Å²) in [5.41, 5.74) is 0. The minimum absolute atomic E-state index is 0.0793. The van der Waals surface area contributed by atoms with E-state index in [9.17, 15) is 9.59 Å². The fraction of sp³-hybridized carbons (Fsp3) is 0.818. The lowest BCUT2D eigenvalue weighted by Gasteiger charge is -2.28. The summed E-state index contributed by atoms with van der Waals surface area (Å²) in [6, 6.07) is -0.244. The molecule has 0 saturated carbocycles. The molecule has 5 nitrogen and oxygen atoms in total. The number of hydrogen-bond donors (Lipinski definition) is 2. The molecular formula is C11H20N2O3. The number of nitrogens with one attached hydrogen (secondary N) is 1. The fourth-order valence-electron chi connectivity index (χ4n) is 1.91. The Bertz CT molecular complexity index is 278. The van der Waals surface area contributed by atoms with Crippen molar-refractivity contribution >= 4 is 11.9 Å².